The smallest absolute Gasteiger partial charge is 0.334 e. The minimum Gasteiger partial charge on any atom is -0.334 e. The zero-order chi connectivity index (χ0) is 17.0. The van der Waals surface area contributed by atoms with Crippen LogP contribution in [0.15, 0.2) is 53.0 Å². The molecular weight excluding hydrogens is 371 g/mol. The van der Waals surface area contributed by atoms with Crippen LogP contribution in [0.3, 0.4) is 0 Å². The Hall–Kier alpha value is -1.82. The Morgan fingerprint density at radius 2 is 1.74 bits per heavy atom. The number of carbonyl (C=O) groups is 1. The number of benzene rings is 2. The molecule has 2 rings (SSSR count). The summed E-state index contributed by atoms with van der Waals surface area (Å²) < 4.78 is 39.1. The molecule has 0 aliphatic rings. The lowest BCUT2D eigenvalue weighted by molar-refractivity contribution is -0.137. The van der Waals surface area contributed by atoms with Crippen molar-refractivity contribution >= 4 is 21.8 Å². The van der Waals surface area contributed by atoms with Crippen LogP contribution in [0.25, 0.3) is 0 Å². The molecule has 0 fully saturated rings. The molecule has 23 heavy (non-hydrogen) atoms. The predicted octanol–water partition coefficient (Wildman–Crippen LogP) is 5.02. The van der Waals surface area contributed by atoms with E-state index >= 15 is 0 Å². The maximum Gasteiger partial charge on any atom is 0.416 e. The quantitative estimate of drug-likeness (QED) is 0.723. The van der Waals surface area contributed by atoms with E-state index in [9.17, 15) is 18.0 Å². The molecule has 2 aromatic rings. The molecule has 6 heteroatoms. The summed E-state index contributed by atoms with van der Waals surface area (Å²) in [6.07, 6.45) is -4.41. The van der Waals surface area contributed by atoms with Gasteiger partial charge in [-0.05, 0) is 29.3 Å². The van der Waals surface area contributed by atoms with Crippen molar-refractivity contribution < 1.29 is 18.0 Å². The third-order valence-electron chi connectivity index (χ3n) is 3.40. The lowest BCUT2D eigenvalue weighted by Gasteiger charge is -2.22. The molecule has 1 amide bonds. The van der Waals surface area contributed by atoms with Crippen molar-refractivity contribution in [3.05, 3.63) is 69.7 Å². The topological polar surface area (TPSA) is 20.3 Å². The first-order chi connectivity index (χ1) is 10.8. The highest BCUT2D eigenvalue weighted by Gasteiger charge is 2.31. The van der Waals surface area contributed by atoms with Gasteiger partial charge in [0.2, 0.25) is 5.91 Å². The predicted molar refractivity (Wildman–Crippen MR) is 85.5 cm³/mol. The monoisotopic (exact) mass is 385 g/mol. The Kier molecular flexibility index (Phi) is 5.46. The fourth-order valence-corrected chi connectivity index (χ4v) is 2.53. The molecule has 0 aliphatic heterocycles. The number of hydrogen-bond donors (Lipinski definition) is 0. The number of rotatable bonds is 4. The van der Waals surface area contributed by atoms with Gasteiger partial charge in [-0.15, -0.1) is 0 Å². The second kappa shape index (κ2) is 7.17. The number of carbonyl (C=O) groups excluding carboxylic acids is 1. The van der Waals surface area contributed by atoms with Crippen LogP contribution < -0.4 is 0 Å². The standard InChI is InChI=1S/C17H15BrF3NO/c1-12(23)22(10-13-5-3-2-4-6-13)11-14-9-15(17(19,20)21)7-8-16(14)18/h2-9H,10-11H2,1H3. The first-order valence-corrected chi connectivity index (χ1v) is 7.71. The van der Waals surface area contributed by atoms with Crippen molar-refractivity contribution in [3.63, 3.8) is 0 Å². The van der Waals surface area contributed by atoms with Crippen LogP contribution in [0.1, 0.15) is 23.6 Å². The van der Waals surface area contributed by atoms with Crippen molar-refractivity contribution in [2.75, 3.05) is 0 Å². The summed E-state index contributed by atoms with van der Waals surface area (Å²) in [4.78, 5) is 13.3. The molecule has 0 atom stereocenters. The average Bonchev–Trinajstić information content (AvgIpc) is 2.48. The Bertz CT molecular complexity index is 686. The highest BCUT2D eigenvalue weighted by Crippen LogP contribution is 2.32. The van der Waals surface area contributed by atoms with Gasteiger partial charge in [0.25, 0.3) is 0 Å². The Morgan fingerprint density at radius 3 is 2.30 bits per heavy atom. The average molecular weight is 386 g/mol. The van der Waals surface area contributed by atoms with E-state index in [-0.39, 0.29) is 12.5 Å². The minimum absolute atomic E-state index is 0.106. The summed E-state index contributed by atoms with van der Waals surface area (Å²) in [6, 6.07) is 12.8. The normalized spacial score (nSPS) is 11.3. The van der Waals surface area contributed by atoms with Crippen molar-refractivity contribution in [1.82, 2.24) is 4.90 Å². The van der Waals surface area contributed by atoms with Gasteiger partial charge in [-0.25, -0.2) is 0 Å². The van der Waals surface area contributed by atoms with Gasteiger partial charge in [0.1, 0.15) is 0 Å². The maximum atomic E-state index is 12.8. The van der Waals surface area contributed by atoms with Crippen LogP contribution in [0.5, 0.6) is 0 Å². The van der Waals surface area contributed by atoms with Gasteiger partial charge in [-0.2, -0.15) is 13.2 Å². The fourth-order valence-electron chi connectivity index (χ4n) is 2.16. The molecule has 0 saturated heterocycles. The van der Waals surface area contributed by atoms with Gasteiger partial charge in [0.15, 0.2) is 0 Å². The molecule has 2 nitrogen and oxygen atoms in total. The van der Waals surface area contributed by atoms with Gasteiger partial charge < -0.3 is 4.90 Å². The fraction of sp³-hybridized carbons (Fsp3) is 0.235. The summed E-state index contributed by atoms with van der Waals surface area (Å²) in [5, 5.41) is 0. The summed E-state index contributed by atoms with van der Waals surface area (Å²) >= 11 is 3.25. The first kappa shape index (κ1) is 17.5. The largest absolute Gasteiger partial charge is 0.416 e. The van der Waals surface area contributed by atoms with Gasteiger partial charge in [-0.3, -0.25) is 4.79 Å². The molecular formula is C17H15BrF3NO. The molecule has 0 radical (unpaired) electrons. The van der Waals surface area contributed by atoms with Crippen molar-refractivity contribution in [1.29, 1.82) is 0 Å². The van der Waals surface area contributed by atoms with Gasteiger partial charge in [0, 0.05) is 24.5 Å². The Labute approximate surface area is 141 Å². The maximum absolute atomic E-state index is 12.8. The number of halogens is 4. The van der Waals surface area contributed by atoms with Crippen LogP contribution in [0, 0.1) is 0 Å². The Balaban J connectivity index is 2.25. The molecule has 2 aromatic carbocycles. The second-order valence-electron chi connectivity index (χ2n) is 5.16. The van der Waals surface area contributed by atoms with Crippen molar-refractivity contribution in [3.8, 4) is 0 Å². The Morgan fingerprint density at radius 1 is 1.09 bits per heavy atom. The van der Waals surface area contributed by atoms with Crippen LogP contribution in [0.2, 0.25) is 0 Å². The zero-order valence-corrected chi connectivity index (χ0v) is 14.0. The molecule has 0 N–H and O–H groups in total. The zero-order valence-electron chi connectivity index (χ0n) is 12.4. The molecule has 122 valence electrons. The summed E-state index contributed by atoms with van der Waals surface area (Å²) in [6.45, 7) is 1.86. The minimum atomic E-state index is -4.41. The first-order valence-electron chi connectivity index (χ1n) is 6.92. The SMILES string of the molecule is CC(=O)N(Cc1ccccc1)Cc1cc(C(F)(F)F)ccc1Br. The van der Waals surface area contributed by atoms with E-state index in [4.69, 9.17) is 0 Å². The van der Waals surface area contributed by atoms with Crippen LogP contribution in [0.4, 0.5) is 13.2 Å². The van der Waals surface area contributed by atoms with E-state index in [1.54, 1.807) is 0 Å². The molecule has 0 heterocycles. The molecule has 0 saturated carbocycles. The summed E-state index contributed by atoms with van der Waals surface area (Å²) in [5.74, 6) is -0.196. The van der Waals surface area contributed by atoms with Crippen LogP contribution in [-0.4, -0.2) is 10.8 Å². The third kappa shape index (κ3) is 4.82. The van der Waals surface area contributed by atoms with E-state index in [1.807, 2.05) is 30.3 Å². The molecule has 0 aromatic heterocycles. The van der Waals surface area contributed by atoms with Crippen LogP contribution in [-0.2, 0) is 24.1 Å². The van der Waals surface area contributed by atoms with Crippen LogP contribution >= 0.6 is 15.9 Å². The number of nitrogens with zero attached hydrogens (tertiary/aromatic N) is 1. The lowest BCUT2D eigenvalue weighted by Crippen LogP contribution is -2.28. The van der Waals surface area contributed by atoms with Crippen molar-refractivity contribution in [2.45, 2.75) is 26.2 Å². The van der Waals surface area contributed by atoms with E-state index in [2.05, 4.69) is 15.9 Å². The number of amides is 1. The molecule has 0 bridgehead atoms. The van der Waals surface area contributed by atoms with Crippen molar-refractivity contribution in [2.24, 2.45) is 0 Å². The molecule has 0 unspecified atom stereocenters. The van der Waals surface area contributed by atoms with Gasteiger partial charge >= 0.3 is 6.18 Å². The van der Waals surface area contributed by atoms with Gasteiger partial charge in [0.05, 0.1) is 5.56 Å². The molecule has 0 aliphatic carbocycles. The van der Waals surface area contributed by atoms with E-state index in [0.717, 1.165) is 17.7 Å². The summed E-state index contributed by atoms with van der Waals surface area (Å²) in [5.41, 5.74) is 0.621. The van der Waals surface area contributed by atoms with E-state index in [0.29, 0.717) is 16.6 Å². The third-order valence-corrected chi connectivity index (χ3v) is 4.17. The highest BCUT2D eigenvalue weighted by atomic mass is 79.9. The number of alkyl halides is 3. The second-order valence-corrected chi connectivity index (χ2v) is 6.02. The molecule has 0 spiro atoms. The number of hydrogen-bond acceptors (Lipinski definition) is 1. The van der Waals surface area contributed by atoms with Gasteiger partial charge in [-0.1, -0.05) is 46.3 Å². The van der Waals surface area contributed by atoms with E-state index in [1.165, 1.54) is 17.9 Å². The van der Waals surface area contributed by atoms with E-state index < -0.39 is 11.7 Å². The highest BCUT2D eigenvalue weighted by molar-refractivity contribution is 9.10. The lowest BCUT2D eigenvalue weighted by atomic mass is 10.1. The summed E-state index contributed by atoms with van der Waals surface area (Å²) in [7, 11) is 0.